The number of hydrogen-bond acceptors (Lipinski definition) is 2. The van der Waals surface area contributed by atoms with E-state index < -0.39 is 5.91 Å². The van der Waals surface area contributed by atoms with Crippen molar-refractivity contribution in [3.05, 3.63) is 105 Å². The van der Waals surface area contributed by atoms with Crippen molar-refractivity contribution in [2.24, 2.45) is 0 Å². The van der Waals surface area contributed by atoms with Crippen molar-refractivity contribution < 1.29 is 9.59 Å². The Morgan fingerprint density at radius 2 is 1.56 bits per heavy atom. The number of nitrogens with one attached hydrogen (secondary N) is 2. The minimum Gasteiger partial charge on any atom is -0.321 e. The minimum atomic E-state index is -0.391. The Bertz CT molecular complexity index is 1140. The van der Waals surface area contributed by atoms with Gasteiger partial charge < -0.3 is 10.6 Å². The van der Waals surface area contributed by atoms with Crippen molar-refractivity contribution in [1.82, 2.24) is 5.32 Å². The smallest absolute Gasteiger partial charge is 0.272 e. The number of benzene rings is 3. The second kappa shape index (κ2) is 9.96. The maximum absolute atomic E-state index is 13.0. The molecule has 3 aromatic rings. The summed E-state index contributed by atoms with van der Waals surface area (Å²) in [5.74, 6) is -0.730. The Hall–Kier alpha value is -3.18. The quantitative estimate of drug-likeness (QED) is 0.402. The van der Waals surface area contributed by atoms with Gasteiger partial charge in [-0.15, -0.1) is 0 Å². The third kappa shape index (κ3) is 6.41. The van der Waals surface area contributed by atoms with E-state index in [2.05, 4.69) is 47.3 Å². The number of rotatable bonds is 5. The molecule has 4 nitrogen and oxygen atoms in total. The summed E-state index contributed by atoms with van der Waals surface area (Å²) < 4.78 is 0.934. The van der Waals surface area contributed by atoms with Gasteiger partial charge >= 0.3 is 0 Å². The number of amides is 2. The zero-order valence-corrected chi connectivity index (χ0v) is 20.3. The molecule has 164 valence electrons. The lowest BCUT2D eigenvalue weighted by atomic mass is 9.87. The second-order valence-corrected chi connectivity index (χ2v) is 9.63. The molecule has 32 heavy (non-hydrogen) atoms. The molecule has 0 unspecified atom stereocenters. The lowest BCUT2D eigenvalue weighted by molar-refractivity contribution is -0.113. The van der Waals surface area contributed by atoms with E-state index in [1.54, 1.807) is 18.2 Å². The Morgan fingerprint density at radius 3 is 2.16 bits per heavy atom. The van der Waals surface area contributed by atoms with Crippen molar-refractivity contribution in [2.75, 3.05) is 5.32 Å². The lowest BCUT2D eigenvalue weighted by Crippen LogP contribution is -2.30. The molecule has 2 amide bonds. The topological polar surface area (TPSA) is 58.2 Å². The van der Waals surface area contributed by atoms with Crippen molar-refractivity contribution in [1.29, 1.82) is 0 Å². The number of halogens is 1. The average molecular weight is 491 g/mol. The summed E-state index contributed by atoms with van der Waals surface area (Å²) in [5.41, 5.74) is 4.28. The molecule has 0 heterocycles. The Balaban J connectivity index is 1.87. The van der Waals surface area contributed by atoms with Gasteiger partial charge in [-0.2, -0.15) is 0 Å². The van der Waals surface area contributed by atoms with Gasteiger partial charge in [-0.3, -0.25) is 9.59 Å². The minimum absolute atomic E-state index is 0.00461. The third-order valence-electron chi connectivity index (χ3n) is 4.96. The predicted octanol–water partition coefficient (Wildman–Crippen LogP) is 6.46. The molecular formula is C27H27BrN2O2. The van der Waals surface area contributed by atoms with Gasteiger partial charge in [0.1, 0.15) is 5.70 Å². The number of aryl methyl sites for hydroxylation is 1. The highest BCUT2D eigenvalue weighted by atomic mass is 79.9. The first-order chi connectivity index (χ1) is 15.1. The van der Waals surface area contributed by atoms with Crippen LogP contribution < -0.4 is 10.6 Å². The molecule has 0 saturated heterocycles. The summed E-state index contributed by atoms with van der Waals surface area (Å²) in [6.45, 7) is 8.32. The number of carbonyl (C=O) groups is 2. The van der Waals surface area contributed by atoms with E-state index in [1.165, 1.54) is 0 Å². The number of carbonyl (C=O) groups excluding carboxylic acids is 2. The molecule has 5 heteroatoms. The fraction of sp³-hybridized carbons (Fsp3) is 0.185. The Kier molecular flexibility index (Phi) is 7.31. The predicted molar refractivity (Wildman–Crippen MR) is 135 cm³/mol. The highest BCUT2D eigenvalue weighted by molar-refractivity contribution is 9.10. The molecule has 0 spiro atoms. The van der Waals surface area contributed by atoms with Gasteiger partial charge in [-0.05, 0) is 71.5 Å². The first kappa shape index (κ1) is 23.5. The van der Waals surface area contributed by atoms with Crippen LogP contribution in [0.15, 0.2) is 83.0 Å². The standard InChI is InChI=1S/C27H27BrN2O2/c1-18-6-5-7-23(16-18)29-26(32)24(17-19-8-14-22(28)15-9-19)30-25(31)20-10-12-21(13-11-20)27(2,3)4/h5-17H,1-4H3,(H,29,32)(H,30,31). The van der Waals surface area contributed by atoms with E-state index in [-0.39, 0.29) is 17.0 Å². The highest BCUT2D eigenvalue weighted by Crippen LogP contribution is 2.22. The Labute approximate surface area is 197 Å². The molecule has 0 bridgehead atoms. The van der Waals surface area contributed by atoms with Gasteiger partial charge in [0.25, 0.3) is 11.8 Å². The molecule has 0 aliphatic carbocycles. The fourth-order valence-corrected chi connectivity index (χ4v) is 3.39. The maximum atomic E-state index is 13.0. The molecule has 0 aromatic heterocycles. The van der Waals surface area contributed by atoms with E-state index in [9.17, 15) is 9.59 Å². The first-order valence-electron chi connectivity index (χ1n) is 10.4. The van der Waals surface area contributed by atoms with Crippen LogP contribution in [-0.2, 0) is 10.2 Å². The van der Waals surface area contributed by atoms with Gasteiger partial charge in [0, 0.05) is 15.7 Å². The summed E-state index contributed by atoms with van der Waals surface area (Å²) in [5, 5.41) is 5.66. The molecule has 0 saturated carbocycles. The van der Waals surface area contributed by atoms with E-state index in [4.69, 9.17) is 0 Å². The largest absolute Gasteiger partial charge is 0.321 e. The van der Waals surface area contributed by atoms with Crippen LogP contribution in [0.1, 0.15) is 47.8 Å². The van der Waals surface area contributed by atoms with E-state index in [0.29, 0.717) is 11.3 Å². The van der Waals surface area contributed by atoms with E-state index in [0.717, 1.165) is 21.2 Å². The molecular weight excluding hydrogens is 464 g/mol. The van der Waals surface area contributed by atoms with Crippen LogP contribution in [0.5, 0.6) is 0 Å². The number of anilines is 1. The van der Waals surface area contributed by atoms with Crippen LogP contribution >= 0.6 is 15.9 Å². The molecule has 0 aliphatic rings. The average Bonchev–Trinajstić information content (AvgIpc) is 2.74. The highest BCUT2D eigenvalue weighted by Gasteiger charge is 2.17. The fourth-order valence-electron chi connectivity index (χ4n) is 3.12. The van der Waals surface area contributed by atoms with Crippen molar-refractivity contribution in [3.8, 4) is 0 Å². The van der Waals surface area contributed by atoms with Gasteiger partial charge in [0.05, 0.1) is 0 Å². The van der Waals surface area contributed by atoms with Gasteiger partial charge in [-0.25, -0.2) is 0 Å². The van der Waals surface area contributed by atoms with Gasteiger partial charge in [-0.1, -0.05) is 73.1 Å². The van der Waals surface area contributed by atoms with Gasteiger partial charge in [0.2, 0.25) is 0 Å². The molecule has 0 radical (unpaired) electrons. The SMILES string of the molecule is Cc1cccc(NC(=O)C(=Cc2ccc(Br)cc2)NC(=O)c2ccc(C(C)(C)C)cc2)c1. The zero-order valence-electron chi connectivity index (χ0n) is 18.7. The van der Waals surface area contributed by atoms with Crippen LogP contribution in [0.3, 0.4) is 0 Å². The summed E-state index contributed by atoms with van der Waals surface area (Å²) in [4.78, 5) is 26.0. The van der Waals surface area contributed by atoms with Crippen LogP contribution in [0, 0.1) is 6.92 Å². The normalized spacial score (nSPS) is 11.7. The first-order valence-corrected chi connectivity index (χ1v) is 11.2. The van der Waals surface area contributed by atoms with E-state index in [1.807, 2.05) is 67.6 Å². The van der Waals surface area contributed by atoms with Crippen LogP contribution in [0.4, 0.5) is 5.69 Å². The third-order valence-corrected chi connectivity index (χ3v) is 5.49. The molecule has 0 aliphatic heterocycles. The monoisotopic (exact) mass is 490 g/mol. The maximum Gasteiger partial charge on any atom is 0.272 e. The molecule has 3 aromatic carbocycles. The lowest BCUT2D eigenvalue weighted by Gasteiger charge is -2.19. The molecule has 2 N–H and O–H groups in total. The van der Waals surface area contributed by atoms with Crippen molar-refractivity contribution in [3.63, 3.8) is 0 Å². The van der Waals surface area contributed by atoms with Crippen molar-refractivity contribution in [2.45, 2.75) is 33.1 Å². The van der Waals surface area contributed by atoms with Crippen LogP contribution in [-0.4, -0.2) is 11.8 Å². The summed E-state index contributed by atoms with van der Waals surface area (Å²) >= 11 is 3.41. The van der Waals surface area contributed by atoms with Crippen LogP contribution in [0.25, 0.3) is 6.08 Å². The van der Waals surface area contributed by atoms with Crippen LogP contribution in [0.2, 0.25) is 0 Å². The van der Waals surface area contributed by atoms with Crippen molar-refractivity contribution >= 4 is 39.5 Å². The van der Waals surface area contributed by atoms with E-state index >= 15 is 0 Å². The second-order valence-electron chi connectivity index (χ2n) is 8.71. The number of hydrogen-bond donors (Lipinski definition) is 2. The molecule has 0 atom stereocenters. The molecule has 0 fully saturated rings. The van der Waals surface area contributed by atoms with Gasteiger partial charge in [0.15, 0.2) is 0 Å². The zero-order chi connectivity index (χ0) is 23.3. The summed E-state index contributed by atoms with van der Waals surface area (Å²) in [6, 6.07) is 22.5. The Morgan fingerprint density at radius 1 is 0.906 bits per heavy atom. The summed E-state index contributed by atoms with van der Waals surface area (Å²) in [6.07, 6.45) is 1.67. The molecule has 3 rings (SSSR count). The summed E-state index contributed by atoms with van der Waals surface area (Å²) in [7, 11) is 0.